The Balaban J connectivity index is 3.29. The van der Waals surface area contributed by atoms with Crippen LogP contribution < -0.4 is 0 Å². The molecule has 0 heterocycles. The summed E-state index contributed by atoms with van der Waals surface area (Å²) in [5, 5.41) is 9.11. The first-order chi connectivity index (χ1) is 7.82. The average molecular weight is 240 g/mol. The zero-order valence-corrected chi connectivity index (χ0v) is 10.5. The molecule has 1 aromatic carbocycles. The highest BCUT2D eigenvalue weighted by atomic mass is 19.1. The summed E-state index contributed by atoms with van der Waals surface area (Å²) in [4.78, 5) is 11.1. The molecule has 1 atom stereocenters. The molecule has 0 bridgehead atoms. The molecule has 1 rings (SSSR count). The number of ether oxygens (including phenoxy) is 1. The van der Waals surface area contributed by atoms with Gasteiger partial charge in [0.05, 0.1) is 0 Å². The van der Waals surface area contributed by atoms with Crippen LogP contribution in [0.2, 0.25) is 0 Å². The summed E-state index contributed by atoms with van der Waals surface area (Å²) >= 11 is 0. The SMILES string of the molecule is COC(C(=O)O)C(C)(C)c1cccc(F)c1C. The van der Waals surface area contributed by atoms with Crippen molar-refractivity contribution < 1.29 is 19.0 Å². The molecule has 94 valence electrons. The van der Waals surface area contributed by atoms with Crippen LogP contribution in [0.25, 0.3) is 0 Å². The molecule has 0 fully saturated rings. The largest absolute Gasteiger partial charge is 0.479 e. The Labute approximate surface area is 100 Å². The summed E-state index contributed by atoms with van der Waals surface area (Å²) in [5.74, 6) is -1.39. The van der Waals surface area contributed by atoms with E-state index < -0.39 is 17.5 Å². The van der Waals surface area contributed by atoms with Crippen LogP contribution in [0.1, 0.15) is 25.0 Å². The number of rotatable bonds is 4. The van der Waals surface area contributed by atoms with Gasteiger partial charge in [-0.05, 0) is 24.1 Å². The molecule has 0 radical (unpaired) electrons. The number of benzene rings is 1. The average Bonchev–Trinajstić information content (AvgIpc) is 2.21. The number of carboxylic acid groups (broad SMARTS) is 1. The maximum atomic E-state index is 13.5. The summed E-state index contributed by atoms with van der Waals surface area (Å²) < 4.78 is 18.5. The second-order valence-electron chi connectivity index (χ2n) is 4.59. The van der Waals surface area contributed by atoms with Crippen LogP contribution in [0.15, 0.2) is 18.2 Å². The second-order valence-corrected chi connectivity index (χ2v) is 4.59. The molecule has 0 spiro atoms. The molecule has 0 aliphatic heterocycles. The van der Waals surface area contributed by atoms with Gasteiger partial charge in [-0.25, -0.2) is 9.18 Å². The molecule has 1 aromatic rings. The van der Waals surface area contributed by atoms with E-state index in [9.17, 15) is 9.18 Å². The minimum absolute atomic E-state index is 0.337. The fourth-order valence-electron chi connectivity index (χ4n) is 2.15. The molecule has 4 heteroatoms. The minimum atomic E-state index is -1.05. The molecule has 0 saturated heterocycles. The summed E-state index contributed by atoms with van der Waals surface area (Å²) in [6, 6.07) is 4.67. The van der Waals surface area contributed by atoms with Crippen molar-refractivity contribution in [2.75, 3.05) is 7.11 Å². The smallest absolute Gasteiger partial charge is 0.333 e. The normalized spacial score (nSPS) is 13.5. The Morgan fingerprint density at radius 2 is 2.06 bits per heavy atom. The maximum Gasteiger partial charge on any atom is 0.333 e. The van der Waals surface area contributed by atoms with Crippen molar-refractivity contribution in [3.05, 3.63) is 35.1 Å². The lowest BCUT2D eigenvalue weighted by Crippen LogP contribution is -2.42. The molecule has 0 saturated carbocycles. The minimum Gasteiger partial charge on any atom is -0.479 e. The standard InChI is InChI=1S/C13H17FO3/c1-8-9(6-5-7-10(8)14)13(2,3)11(17-4)12(15)16/h5-7,11H,1-4H3,(H,15,16). The fraction of sp³-hybridized carbons (Fsp3) is 0.462. The summed E-state index contributed by atoms with van der Waals surface area (Å²) in [7, 11) is 1.34. The van der Waals surface area contributed by atoms with Crippen molar-refractivity contribution in [2.45, 2.75) is 32.3 Å². The van der Waals surface area contributed by atoms with Crippen LogP contribution in [-0.4, -0.2) is 24.3 Å². The van der Waals surface area contributed by atoms with Crippen LogP contribution >= 0.6 is 0 Å². The molecule has 0 aromatic heterocycles. The predicted octanol–water partition coefficient (Wildman–Crippen LogP) is 2.51. The number of hydrogen-bond donors (Lipinski definition) is 1. The maximum absolute atomic E-state index is 13.5. The predicted molar refractivity (Wildman–Crippen MR) is 62.6 cm³/mol. The van der Waals surface area contributed by atoms with Gasteiger partial charge in [0.25, 0.3) is 0 Å². The Bertz CT molecular complexity index is 427. The van der Waals surface area contributed by atoms with Gasteiger partial charge in [0.15, 0.2) is 6.10 Å². The second kappa shape index (κ2) is 4.84. The lowest BCUT2D eigenvalue weighted by Gasteiger charge is -2.32. The molecule has 0 amide bonds. The van der Waals surface area contributed by atoms with E-state index in [-0.39, 0.29) is 5.82 Å². The number of carboxylic acids is 1. The summed E-state index contributed by atoms with van der Waals surface area (Å²) in [6.07, 6.45) is -1.01. The topological polar surface area (TPSA) is 46.5 Å². The van der Waals surface area contributed by atoms with Crippen LogP contribution in [0.4, 0.5) is 4.39 Å². The van der Waals surface area contributed by atoms with Gasteiger partial charge in [-0.1, -0.05) is 26.0 Å². The van der Waals surface area contributed by atoms with E-state index in [1.165, 1.54) is 13.2 Å². The van der Waals surface area contributed by atoms with Gasteiger partial charge in [0.2, 0.25) is 0 Å². The highest BCUT2D eigenvalue weighted by molar-refractivity contribution is 5.75. The van der Waals surface area contributed by atoms with E-state index in [1.54, 1.807) is 32.9 Å². The molecule has 3 nitrogen and oxygen atoms in total. The fourth-order valence-corrected chi connectivity index (χ4v) is 2.15. The van der Waals surface area contributed by atoms with Crippen molar-refractivity contribution in [1.82, 2.24) is 0 Å². The van der Waals surface area contributed by atoms with Gasteiger partial charge in [-0.2, -0.15) is 0 Å². The van der Waals surface area contributed by atoms with Gasteiger partial charge in [-0.3, -0.25) is 0 Å². The van der Waals surface area contributed by atoms with E-state index in [4.69, 9.17) is 9.84 Å². The first kappa shape index (κ1) is 13.6. The number of halogens is 1. The zero-order chi connectivity index (χ0) is 13.2. The van der Waals surface area contributed by atoms with E-state index >= 15 is 0 Å². The highest BCUT2D eigenvalue weighted by Gasteiger charge is 2.38. The number of aliphatic carboxylic acids is 1. The first-order valence-corrected chi connectivity index (χ1v) is 5.33. The quantitative estimate of drug-likeness (QED) is 0.879. The summed E-state index contributed by atoms with van der Waals surface area (Å²) in [5.41, 5.74) is 0.305. The van der Waals surface area contributed by atoms with Crippen molar-refractivity contribution in [3.8, 4) is 0 Å². The van der Waals surface area contributed by atoms with Gasteiger partial charge in [-0.15, -0.1) is 0 Å². The molecular formula is C13H17FO3. The van der Waals surface area contributed by atoms with Gasteiger partial charge in [0.1, 0.15) is 5.82 Å². The zero-order valence-electron chi connectivity index (χ0n) is 10.5. The van der Waals surface area contributed by atoms with Crippen molar-refractivity contribution in [2.24, 2.45) is 0 Å². The van der Waals surface area contributed by atoms with Crippen LogP contribution in [0.3, 0.4) is 0 Å². The van der Waals surface area contributed by atoms with Crippen LogP contribution in [-0.2, 0) is 14.9 Å². The van der Waals surface area contributed by atoms with Crippen molar-refractivity contribution in [3.63, 3.8) is 0 Å². The van der Waals surface area contributed by atoms with Crippen molar-refractivity contribution in [1.29, 1.82) is 0 Å². The third-order valence-corrected chi connectivity index (χ3v) is 3.08. The Morgan fingerprint density at radius 3 is 2.53 bits per heavy atom. The van der Waals surface area contributed by atoms with E-state index in [0.29, 0.717) is 11.1 Å². The van der Waals surface area contributed by atoms with E-state index in [0.717, 1.165) is 0 Å². The molecule has 0 aliphatic rings. The molecule has 0 aliphatic carbocycles. The van der Waals surface area contributed by atoms with Gasteiger partial charge >= 0.3 is 5.97 Å². The Morgan fingerprint density at radius 1 is 1.47 bits per heavy atom. The number of carbonyl (C=O) groups is 1. The van der Waals surface area contributed by atoms with Gasteiger partial charge in [0, 0.05) is 12.5 Å². The van der Waals surface area contributed by atoms with E-state index in [2.05, 4.69) is 0 Å². The van der Waals surface area contributed by atoms with Crippen LogP contribution in [0.5, 0.6) is 0 Å². The highest BCUT2D eigenvalue weighted by Crippen LogP contribution is 2.32. The third-order valence-electron chi connectivity index (χ3n) is 3.08. The van der Waals surface area contributed by atoms with Crippen molar-refractivity contribution >= 4 is 5.97 Å². The number of methoxy groups -OCH3 is 1. The molecule has 1 N–H and O–H groups in total. The van der Waals surface area contributed by atoms with Crippen LogP contribution in [0, 0.1) is 12.7 Å². The number of hydrogen-bond acceptors (Lipinski definition) is 2. The monoisotopic (exact) mass is 240 g/mol. The first-order valence-electron chi connectivity index (χ1n) is 5.33. The lowest BCUT2D eigenvalue weighted by molar-refractivity contribution is -0.152. The Hall–Kier alpha value is -1.42. The lowest BCUT2D eigenvalue weighted by atomic mass is 9.77. The van der Waals surface area contributed by atoms with E-state index in [1.807, 2.05) is 0 Å². The molecule has 1 unspecified atom stereocenters. The molecular weight excluding hydrogens is 223 g/mol. The molecule has 17 heavy (non-hydrogen) atoms. The van der Waals surface area contributed by atoms with Gasteiger partial charge < -0.3 is 9.84 Å². The summed E-state index contributed by atoms with van der Waals surface area (Å²) in [6.45, 7) is 5.11. The Kier molecular flexibility index (Phi) is 3.88. The third kappa shape index (κ3) is 2.47.